The standard InChI is InChI=1S/C20H28N4OS/c1-15-5-7-17(8-6-15)19(22(3)4)20(25)24-11-9-23(10-12-24)13-18-14-26-16(2)21-18/h5-8,14,19H,9-13H2,1-4H3. The molecule has 1 saturated heterocycles. The van der Waals surface area contributed by atoms with Crippen LogP contribution >= 0.6 is 11.3 Å². The van der Waals surface area contributed by atoms with Crippen molar-refractivity contribution in [2.75, 3.05) is 40.3 Å². The van der Waals surface area contributed by atoms with Gasteiger partial charge in [0.25, 0.3) is 0 Å². The molecule has 1 amide bonds. The predicted molar refractivity (Wildman–Crippen MR) is 106 cm³/mol. The molecule has 0 saturated carbocycles. The lowest BCUT2D eigenvalue weighted by Crippen LogP contribution is -2.51. The van der Waals surface area contributed by atoms with E-state index in [0.29, 0.717) is 0 Å². The van der Waals surface area contributed by atoms with Crippen molar-refractivity contribution in [1.29, 1.82) is 0 Å². The number of nitrogens with zero attached hydrogens (tertiary/aromatic N) is 4. The third-order valence-electron chi connectivity index (χ3n) is 4.88. The summed E-state index contributed by atoms with van der Waals surface area (Å²) >= 11 is 1.70. The second kappa shape index (κ2) is 8.29. The summed E-state index contributed by atoms with van der Waals surface area (Å²) in [4.78, 5) is 24.1. The Morgan fingerprint density at radius 3 is 2.35 bits per heavy atom. The SMILES string of the molecule is Cc1ccc(C(C(=O)N2CCN(Cc3csc(C)n3)CC2)N(C)C)cc1. The normalized spacial score (nSPS) is 16.9. The zero-order valence-corrected chi connectivity index (χ0v) is 16.9. The zero-order valence-electron chi connectivity index (χ0n) is 16.1. The number of rotatable bonds is 5. The first-order chi connectivity index (χ1) is 12.4. The van der Waals surface area contributed by atoms with Crippen LogP contribution < -0.4 is 0 Å². The van der Waals surface area contributed by atoms with E-state index >= 15 is 0 Å². The minimum atomic E-state index is -0.219. The molecule has 1 atom stereocenters. The topological polar surface area (TPSA) is 39.7 Å². The minimum absolute atomic E-state index is 0.197. The molecule has 1 aromatic carbocycles. The van der Waals surface area contributed by atoms with Crippen LogP contribution in [0.4, 0.5) is 0 Å². The van der Waals surface area contributed by atoms with Crippen LogP contribution in [0.1, 0.15) is 27.9 Å². The molecule has 0 radical (unpaired) electrons. The quantitative estimate of drug-likeness (QED) is 0.809. The van der Waals surface area contributed by atoms with Crippen LogP contribution in [0.3, 0.4) is 0 Å². The molecule has 0 bridgehead atoms. The van der Waals surface area contributed by atoms with Crippen LogP contribution in [-0.2, 0) is 11.3 Å². The molecule has 1 unspecified atom stereocenters. The van der Waals surface area contributed by atoms with Crippen molar-refractivity contribution in [2.24, 2.45) is 0 Å². The van der Waals surface area contributed by atoms with Crippen LogP contribution in [0.5, 0.6) is 0 Å². The predicted octanol–water partition coefficient (Wildman–Crippen LogP) is 2.71. The molecule has 1 aromatic heterocycles. The van der Waals surface area contributed by atoms with Gasteiger partial charge in [0.05, 0.1) is 10.7 Å². The van der Waals surface area contributed by atoms with Crippen molar-refractivity contribution in [3.63, 3.8) is 0 Å². The molecule has 1 fully saturated rings. The first-order valence-corrected chi connectivity index (χ1v) is 9.97. The summed E-state index contributed by atoms with van der Waals surface area (Å²) in [6.45, 7) is 8.33. The first kappa shape index (κ1) is 19.0. The van der Waals surface area contributed by atoms with E-state index < -0.39 is 0 Å². The van der Waals surface area contributed by atoms with Crippen molar-refractivity contribution in [2.45, 2.75) is 26.4 Å². The van der Waals surface area contributed by atoms with E-state index in [1.165, 1.54) is 5.56 Å². The van der Waals surface area contributed by atoms with Crippen LogP contribution in [0.25, 0.3) is 0 Å². The highest BCUT2D eigenvalue weighted by Gasteiger charge is 2.30. The van der Waals surface area contributed by atoms with Crippen LogP contribution in [-0.4, -0.2) is 65.9 Å². The van der Waals surface area contributed by atoms with Crippen LogP contribution in [0, 0.1) is 13.8 Å². The van der Waals surface area contributed by atoms with E-state index in [9.17, 15) is 4.79 Å². The van der Waals surface area contributed by atoms with E-state index in [2.05, 4.69) is 46.5 Å². The van der Waals surface area contributed by atoms with E-state index in [1.807, 2.05) is 30.8 Å². The monoisotopic (exact) mass is 372 g/mol. The number of hydrogen-bond acceptors (Lipinski definition) is 5. The Labute approximate surface area is 160 Å². The second-order valence-corrected chi connectivity index (χ2v) is 8.30. The summed E-state index contributed by atoms with van der Waals surface area (Å²) in [5.74, 6) is 0.197. The summed E-state index contributed by atoms with van der Waals surface area (Å²) in [7, 11) is 3.95. The smallest absolute Gasteiger partial charge is 0.244 e. The van der Waals surface area contributed by atoms with Crippen molar-refractivity contribution in [3.05, 3.63) is 51.5 Å². The Morgan fingerprint density at radius 1 is 1.15 bits per heavy atom. The molecule has 1 aliphatic rings. The highest BCUT2D eigenvalue weighted by Crippen LogP contribution is 2.22. The number of carbonyl (C=O) groups excluding carboxylic acids is 1. The third-order valence-corrected chi connectivity index (χ3v) is 5.70. The molecule has 26 heavy (non-hydrogen) atoms. The van der Waals surface area contributed by atoms with E-state index in [0.717, 1.165) is 49.0 Å². The first-order valence-electron chi connectivity index (χ1n) is 9.09. The fourth-order valence-electron chi connectivity index (χ4n) is 3.42. The fourth-order valence-corrected chi connectivity index (χ4v) is 4.02. The van der Waals surface area contributed by atoms with Gasteiger partial charge in [0.1, 0.15) is 6.04 Å². The summed E-state index contributed by atoms with van der Waals surface area (Å²) in [5.41, 5.74) is 3.41. The number of carbonyl (C=O) groups is 1. The Balaban J connectivity index is 1.61. The second-order valence-electron chi connectivity index (χ2n) is 7.24. The fraction of sp³-hybridized carbons (Fsp3) is 0.500. The summed E-state index contributed by atoms with van der Waals surface area (Å²) in [5, 5.41) is 3.24. The summed E-state index contributed by atoms with van der Waals surface area (Å²) in [6, 6.07) is 8.07. The Hall–Kier alpha value is -1.76. The number of benzene rings is 1. The molecular formula is C20H28N4OS. The molecule has 0 N–H and O–H groups in total. The number of amides is 1. The van der Waals surface area contributed by atoms with Gasteiger partial charge in [0, 0.05) is 38.1 Å². The van der Waals surface area contributed by atoms with Gasteiger partial charge in [-0.1, -0.05) is 29.8 Å². The maximum Gasteiger partial charge on any atom is 0.244 e. The molecule has 3 rings (SSSR count). The Morgan fingerprint density at radius 2 is 1.81 bits per heavy atom. The maximum atomic E-state index is 13.1. The molecule has 5 nitrogen and oxygen atoms in total. The van der Waals surface area contributed by atoms with Gasteiger partial charge in [-0.05, 0) is 33.5 Å². The van der Waals surface area contributed by atoms with E-state index in [4.69, 9.17) is 0 Å². The van der Waals surface area contributed by atoms with Crippen LogP contribution in [0.2, 0.25) is 0 Å². The number of aryl methyl sites for hydroxylation is 2. The number of aromatic nitrogens is 1. The molecule has 2 aromatic rings. The molecule has 140 valence electrons. The van der Waals surface area contributed by atoms with Crippen molar-refractivity contribution < 1.29 is 4.79 Å². The molecule has 6 heteroatoms. The lowest BCUT2D eigenvalue weighted by atomic mass is 10.0. The average molecular weight is 373 g/mol. The third kappa shape index (κ3) is 4.50. The van der Waals surface area contributed by atoms with Crippen molar-refractivity contribution >= 4 is 17.2 Å². The highest BCUT2D eigenvalue weighted by molar-refractivity contribution is 7.09. The number of hydrogen-bond donors (Lipinski definition) is 0. The van der Waals surface area contributed by atoms with Crippen molar-refractivity contribution in [3.8, 4) is 0 Å². The van der Waals surface area contributed by atoms with E-state index in [1.54, 1.807) is 11.3 Å². The van der Waals surface area contributed by atoms with Gasteiger partial charge in [0.15, 0.2) is 0 Å². The molecular weight excluding hydrogens is 344 g/mol. The average Bonchev–Trinajstić information content (AvgIpc) is 3.02. The zero-order chi connectivity index (χ0) is 18.7. The van der Waals surface area contributed by atoms with Crippen LogP contribution in [0.15, 0.2) is 29.6 Å². The molecule has 0 aliphatic carbocycles. The van der Waals surface area contributed by atoms with Gasteiger partial charge in [0.2, 0.25) is 5.91 Å². The number of piperazine rings is 1. The lowest BCUT2D eigenvalue weighted by Gasteiger charge is -2.37. The Kier molecular flexibility index (Phi) is 6.06. The highest BCUT2D eigenvalue weighted by atomic mass is 32.1. The maximum absolute atomic E-state index is 13.1. The molecule has 2 heterocycles. The summed E-state index contributed by atoms with van der Waals surface area (Å²) in [6.07, 6.45) is 0. The van der Waals surface area contributed by atoms with E-state index in [-0.39, 0.29) is 11.9 Å². The van der Waals surface area contributed by atoms with Gasteiger partial charge >= 0.3 is 0 Å². The molecule has 1 aliphatic heterocycles. The molecule has 0 spiro atoms. The number of likely N-dealkylation sites (N-methyl/N-ethyl adjacent to an activating group) is 1. The number of thiazole rings is 1. The van der Waals surface area contributed by atoms with Gasteiger partial charge in [-0.2, -0.15) is 0 Å². The lowest BCUT2D eigenvalue weighted by molar-refractivity contribution is -0.138. The summed E-state index contributed by atoms with van der Waals surface area (Å²) < 4.78 is 0. The Bertz CT molecular complexity index is 733. The van der Waals surface area contributed by atoms with Crippen molar-refractivity contribution in [1.82, 2.24) is 19.7 Å². The largest absolute Gasteiger partial charge is 0.338 e. The minimum Gasteiger partial charge on any atom is -0.338 e. The van der Waals surface area contributed by atoms with Gasteiger partial charge in [-0.15, -0.1) is 11.3 Å². The van der Waals surface area contributed by atoms with Gasteiger partial charge < -0.3 is 4.90 Å². The van der Waals surface area contributed by atoms with Gasteiger partial charge in [-0.3, -0.25) is 14.6 Å². The van der Waals surface area contributed by atoms with Gasteiger partial charge in [-0.25, -0.2) is 4.98 Å².